The first-order chi connectivity index (χ1) is 12.0. The molecule has 0 amide bonds. The fourth-order valence-electron chi connectivity index (χ4n) is 3.68. The first-order valence-corrected chi connectivity index (χ1v) is 8.67. The van der Waals surface area contributed by atoms with Gasteiger partial charge in [0, 0.05) is 18.7 Å². The van der Waals surface area contributed by atoms with E-state index in [1.54, 1.807) is 6.07 Å². The number of rotatable bonds is 5. The van der Waals surface area contributed by atoms with E-state index in [9.17, 15) is 10.4 Å². The fraction of sp³-hybridized carbons (Fsp3) is 0.450. The van der Waals surface area contributed by atoms with Crippen molar-refractivity contribution in [2.45, 2.75) is 25.0 Å². The predicted octanol–water partition coefficient (Wildman–Crippen LogP) is 2.71. The summed E-state index contributed by atoms with van der Waals surface area (Å²) in [6.07, 6.45) is 1.82. The van der Waals surface area contributed by atoms with Crippen molar-refractivity contribution in [1.29, 1.82) is 5.26 Å². The molecule has 1 aliphatic heterocycles. The van der Waals surface area contributed by atoms with Gasteiger partial charge in [0.2, 0.25) is 0 Å². The van der Waals surface area contributed by atoms with Crippen LogP contribution in [0.25, 0.3) is 11.3 Å². The molecular weight excluding hydrogens is 314 g/mol. The summed E-state index contributed by atoms with van der Waals surface area (Å²) < 4.78 is 5.98. The summed E-state index contributed by atoms with van der Waals surface area (Å²) in [5, 5.41) is 20.0. The Morgan fingerprint density at radius 1 is 1.28 bits per heavy atom. The van der Waals surface area contributed by atoms with Crippen LogP contribution < -0.4 is 0 Å². The molecule has 0 bridgehead atoms. The van der Waals surface area contributed by atoms with Gasteiger partial charge in [-0.1, -0.05) is 12.1 Å². The molecule has 0 spiro atoms. The standard InChI is InChI=1S/C20H25N3O2/c1-22(2)14-20(24)10-5-11-23(15-20)13-17-8-9-19(25-17)18-7-4-3-6-16(18)12-21/h3-4,6-9,24H,5,10-11,13-15H2,1-2H3. The molecule has 2 aromatic rings. The molecule has 1 aromatic heterocycles. The van der Waals surface area contributed by atoms with E-state index in [-0.39, 0.29) is 0 Å². The minimum atomic E-state index is -0.662. The van der Waals surface area contributed by atoms with Crippen LogP contribution in [0.4, 0.5) is 0 Å². The SMILES string of the molecule is CN(C)CC1(O)CCCN(Cc2ccc(-c3ccccc3C#N)o2)C1. The molecule has 1 saturated heterocycles. The van der Waals surface area contributed by atoms with Gasteiger partial charge in [-0.3, -0.25) is 4.90 Å². The molecule has 1 atom stereocenters. The van der Waals surface area contributed by atoms with Gasteiger partial charge in [0.05, 0.1) is 23.8 Å². The minimum absolute atomic E-state index is 0.613. The summed E-state index contributed by atoms with van der Waals surface area (Å²) in [7, 11) is 3.98. The number of β-amino-alcohol motifs (C(OH)–C–C–N with tert-alkyl or cyclic N) is 1. The largest absolute Gasteiger partial charge is 0.460 e. The van der Waals surface area contributed by atoms with Gasteiger partial charge in [0.25, 0.3) is 0 Å². The van der Waals surface area contributed by atoms with Gasteiger partial charge in [0.15, 0.2) is 0 Å². The number of nitrogens with zero attached hydrogens (tertiary/aromatic N) is 3. The van der Waals surface area contributed by atoms with Crippen LogP contribution in [0.5, 0.6) is 0 Å². The van der Waals surface area contributed by atoms with Crippen LogP contribution in [0.1, 0.15) is 24.2 Å². The van der Waals surface area contributed by atoms with Crippen LogP contribution in [0.2, 0.25) is 0 Å². The lowest BCUT2D eigenvalue weighted by molar-refractivity contribution is -0.0492. The number of benzene rings is 1. The van der Waals surface area contributed by atoms with Crippen LogP contribution in [0.3, 0.4) is 0 Å². The smallest absolute Gasteiger partial charge is 0.135 e. The highest BCUT2D eigenvalue weighted by molar-refractivity contribution is 5.66. The molecule has 2 heterocycles. The van der Waals surface area contributed by atoms with Crippen LogP contribution in [-0.4, -0.2) is 54.2 Å². The highest BCUT2D eigenvalue weighted by Crippen LogP contribution is 2.28. The third-order valence-electron chi connectivity index (χ3n) is 4.60. The van der Waals surface area contributed by atoms with Crippen molar-refractivity contribution < 1.29 is 9.52 Å². The van der Waals surface area contributed by atoms with Crippen molar-refractivity contribution in [3.8, 4) is 17.4 Å². The zero-order valence-corrected chi connectivity index (χ0v) is 14.9. The van der Waals surface area contributed by atoms with Crippen molar-refractivity contribution in [3.05, 3.63) is 47.7 Å². The minimum Gasteiger partial charge on any atom is -0.460 e. The molecule has 1 aliphatic rings. The Balaban J connectivity index is 1.70. The molecule has 132 valence electrons. The lowest BCUT2D eigenvalue weighted by atomic mass is 9.92. The summed E-state index contributed by atoms with van der Waals surface area (Å²) in [5.74, 6) is 1.57. The van der Waals surface area contributed by atoms with E-state index in [2.05, 4.69) is 11.0 Å². The second kappa shape index (κ2) is 7.40. The Morgan fingerprint density at radius 3 is 2.84 bits per heavy atom. The highest BCUT2D eigenvalue weighted by Gasteiger charge is 2.33. The van der Waals surface area contributed by atoms with Crippen molar-refractivity contribution in [2.75, 3.05) is 33.7 Å². The zero-order valence-electron chi connectivity index (χ0n) is 14.9. The first kappa shape index (κ1) is 17.7. The topological polar surface area (TPSA) is 63.6 Å². The van der Waals surface area contributed by atoms with Crippen LogP contribution >= 0.6 is 0 Å². The van der Waals surface area contributed by atoms with Crippen LogP contribution in [0, 0.1) is 11.3 Å². The molecular formula is C20H25N3O2. The lowest BCUT2D eigenvalue weighted by Gasteiger charge is -2.40. The van der Waals surface area contributed by atoms with E-state index in [4.69, 9.17) is 4.42 Å². The number of nitriles is 1. The molecule has 1 aromatic carbocycles. The Morgan fingerprint density at radius 2 is 2.08 bits per heavy atom. The Labute approximate surface area is 149 Å². The number of aliphatic hydroxyl groups is 1. The summed E-state index contributed by atoms with van der Waals surface area (Å²) >= 11 is 0. The van der Waals surface area contributed by atoms with E-state index in [0.717, 1.165) is 30.7 Å². The van der Waals surface area contributed by atoms with Gasteiger partial charge in [-0.2, -0.15) is 5.26 Å². The summed E-state index contributed by atoms with van der Waals surface area (Å²) in [5.41, 5.74) is 0.769. The summed E-state index contributed by atoms with van der Waals surface area (Å²) in [4.78, 5) is 4.28. The molecule has 0 radical (unpaired) electrons. The molecule has 3 rings (SSSR count). The van der Waals surface area contributed by atoms with Gasteiger partial charge in [-0.15, -0.1) is 0 Å². The second-order valence-corrected chi connectivity index (χ2v) is 7.20. The highest BCUT2D eigenvalue weighted by atomic mass is 16.3. The van der Waals surface area contributed by atoms with E-state index < -0.39 is 5.60 Å². The Bertz CT molecular complexity index is 762. The molecule has 0 saturated carbocycles. The molecule has 1 unspecified atom stereocenters. The third kappa shape index (κ3) is 4.29. The Kier molecular flexibility index (Phi) is 5.24. The number of hydrogen-bond donors (Lipinski definition) is 1. The van der Waals surface area contributed by atoms with Crippen LogP contribution in [-0.2, 0) is 6.54 Å². The molecule has 5 heteroatoms. The van der Waals surface area contributed by atoms with Crippen molar-refractivity contribution >= 4 is 0 Å². The van der Waals surface area contributed by atoms with Crippen LogP contribution in [0.15, 0.2) is 40.8 Å². The molecule has 1 fully saturated rings. The van der Waals surface area contributed by atoms with Gasteiger partial charge in [-0.05, 0) is 57.7 Å². The zero-order chi connectivity index (χ0) is 17.9. The second-order valence-electron chi connectivity index (χ2n) is 7.20. The van der Waals surface area contributed by atoms with E-state index >= 15 is 0 Å². The monoisotopic (exact) mass is 339 g/mol. The average Bonchev–Trinajstić information content (AvgIpc) is 3.02. The van der Waals surface area contributed by atoms with Crippen molar-refractivity contribution in [1.82, 2.24) is 9.80 Å². The normalized spacial score (nSPS) is 21.4. The maximum Gasteiger partial charge on any atom is 0.135 e. The summed E-state index contributed by atoms with van der Waals surface area (Å²) in [6.45, 7) is 2.95. The number of furan rings is 1. The molecule has 1 N–H and O–H groups in total. The third-order valence-corrected chi connectivity index (χ3v) is 4.60. The molecule has 25 heavy (non-hydrogen) atoms. The average molecular weight is 339 g/mol. The fourth-order valence-corrected chi connectivity index (χ4v) is 3.68. The number of likely N-dealkylation sites (N-methyl/N-ethyl adjacent to an activating group) is 1. The maximum absolute atomic E-state index is 10.8. The number of likely N-dealkylation sites (tertiary alicyclic amines) is 1. The molecule has 5 nitrogen and oxygen atoms in total. The van der Waals surface area contributed by atoms with Gasteiger partial charge in [0.1, 0.15) is 11.5 Å². The van der Waals surface area contributed by atoms with Crippen molar-refractivity contribution in [2.24, 2.45) is 0 Å². The predicted molar refractivity (Wildman–Crippen MR) is 96.9 cm³/mol. The maximum atomic E-state index is 10.8. The number of hydrogen-bond acceptors (Lipinski definition) is 5. The summed E-state index contributed by atoms with van der Waals surface area (Å²) in [6, 6.07) is 13.5. The van der Waals surface area contributed by atoms with Gasteiger partial charge >= 0.3 is 0 Å². The lowest BCUT2D eigenvalue weighted by Crippen LogP contribution is -2.52. The van der Waals surface area contributed by atoms with E-state index in [0.29, 0.717) is 31.0 Å². The van der Waals surface area contributed by atoms with Gasteiger partial charge in [-0.25, -0.2) is 0 Å². The van der Waals surface area contributed by atoms with Gasteiger partial charge < -0.3 is 14.4 Å². The number of piperidine rings is 1. The Hall–Kier alpha value is -2.13. The quantitative estimate of drug-likeness (QED) is 0.907. The van der Waals surface area contributed by atoms with Crippen molar-refractivity contribution in [3.63, 3.8) is 0 Å². The van der Waals surface area contributed by atoms with E-state index in [1.165, 1.54) is 0 Å². The molecule has 0 aliphatic carbocycles. The first-order valence-electron chi connectivity index (χ1n) is 8.67. The van der Waals surface area contributed by atoms with E-state index in [1.807, 2.05) is 49.3 Å².